The summed E-state index contributed by atoms with van der Waals surface area (Å²) in [7, 11) is -3.23. The first-order chi connectivity index (χ1) is 9.12. The number of fused-ring (bicyclic) bond motifs is 1. The van der Waals surface area contributed by atoms with Crippen molar-refractivity contribution < 1.29 is 8.42 Å². The largest absolute Gasteiger partial charge is 0.286 e. The third-order valence-corrected chi connectivity index (χ3v) is 3.94. The zero-order valence-corrected chi connectivity index (χ0v) is 11.3. The highest BCUT2D eigenvalue weighted by Crippen LogP contribution is 2.04. The summed E-state index contributed by atoms with van der Waals surface area (Å²) in [5.41, 5.74) is 0.796. The van der Waals surface area contributed by atoms with Crippen LogP contribution >= 0.6 is 0 Å². The van der Waals surface area contributed by atoms with Crippen molar-refractivity contribution >= 4 is 15.7 Å². The molecular formula is C12H16N4O2S. The Labute approximate surface area is 112 Å². The van der Waals surface area contributed by atoms with E-state index in [9.17, 15) is 8.42 Å². The quantitative estimate of drug-likeness (QED) is 0.600. The Balaban J connectivity index is 1.88. The van der Waals surface area contributed by atoms with E-state index < -0.39 is 10.0 Å². The van der Waals surface area contributed by atoms with Crippen LogP contribution in [-0.4, -0.2) is 35.3 Å². The van der Waals surface area contributed by atoms with E-state index in [2.05, 4.69) is 21.5 Å². The van der Waals surface area contributed by atoms with Crippen molar-refractivity contribution in [2.45, 2.75) is 12.8 Å². The maximum absolute atomic E-state index is 11.4. The van der Waals surface area contributed by atoms with Gasteiger partial charge in [0.1, 0.15) is 5.82 Å². The van der Waals surface area contributed by atoms with E-state index in [-0.39, 0.29) is 5.75 Å². The van der Waals surface area contributed by atoms with Gasteiger partial charge in [-0.3, -0.25) is 4.40 Å². The molecule has 2 rings (SSSR count). The molecule has 6 nitrogen and oxygen atoms in total. The van der Waals surface area contributed by atoms with Crippen LogP contribution in [0.3, 0.4) is 0 Å². The number of aromatic nitrogens is 3. The van der Waals surface area contributed by atoms with E-state index in [1.54, 1.807) is 0 Å². The third-order valence-electron chi connectivity index (χ3n) is 2.62. The average molecular weight is 280 g/mol. The van der Waals surface area contributed by atoms with Gasteiger partial charge in [0, 0.05) is 19.2 Å². The second-order valence-electron chi connectivity index (χ2n) is 4.11. The molecule has 2 heterocycles. The fraction of sp³-hybridized carbons (Fsp3) is 0.333. The lowest BCUT2D eigenvalue weighted by Crippen LogP contribution is -2.26. The molecule has 0 amide bonds. The molecule has 102 valence electrons. The van der Waals surface area contributed by atoms with Gasteiger partial charge in [-0.25, -0.2) is 13.1 Å². The maximum atomic E-state index is 11.4. The van der Waals surface area contributed by atoms with Gasteiger partial charge in [-0.2, -0.15) is 0 Å². The van der Waals surface area contributed by atoms with E-state index in [1.807, 2.05) is 28.8 Å². The summed E-state index contributed by atoms with van der Waals surface area (Å²) in [4.78, 5) is 0. The van der Waals surface area contributed by atoms with E-state index >= 15 is 0 Å². The highest BCUT2D eigenvalue weighted by atomic mass is 32.2. The van der Waals surface area contributed by atoms with Crippen LogP contribution in [0, 0.1) is 0 Å². The molecule has 7 heteroatoms. The van der Waals surface area contributed by atoms with Crippen LogP contribution in [0.2, 0.25) is 0 Å². The minimum atomic E-state index is -3.23. The van der Waals surface area contributed by atoms with Crippen molar-refractivity contribution in [1.29, 1.82) is 0 Å². The molecule has 1 N–H and O–H groups in total. The number of nitrogens with one attached hydrogen (secondary N) is 1. The van der Waals surface area contributed by atoms with Gasteiger partial charge >= 0.3 is 0 Å². The molecule has 0 aromatic carbocycles. The lowest BCUT2D eigenvalue weighted by Gasteiger charge is -2.03. The normalized spacial score (nSPS) is 11.8. The smallest absolute Gasteiger partial charge is 0.215 e. The van der Waals surface area contributed by atoms with Crippen molar-refractivity contribution in [3.63, 3.8) is 0 Å². The standard InChI is InChI=1S/C12H16N4O2S/c1-2-10-19(17,18)13-8-5-7-12-15-14-11-6-3-4-9-16(11)12/h2-4,6,9,13H,1,5,7-8,10H2. The Bertz CT molecular complexity index is 663. The molecular weight excluding hydrogens is 264 g/mol. The van der Waals surface area contributed by atoms with Gasteiger partial charge in [0.05, 0.1) is 5.75 Å². The first-order valence-electron chi connectivity index (χ1n) is 5.99. The number of hydrogen-bond acceptors (Lipinski definition) is 4. The van der Waals surface area contributed by atoms with Crippen LogP contribution in [0.1, 0.15) is 12.2 Å². The van der Waals surface area contributed by atoms with Gasteiger partial charge in [0.2, 0.25) is 10.0 Å². The van der Waals surface area contributed by atoms with E-state index in [1.165, 1.54) is 6.08 Å². The van der Waals surface area contributed by atoms with E-state index in [4.69, 9.17) is 0 Å². The molecule has 0 saturated heterocycles. The first-order valence-corrected chi connectivity index (χ1v) is 7.64. The second-order valence-corrected chi connectivity index (χ2v) is 5.96. The summed E-state index contributed by atoms with van der Waals surface area (Å²) in [6.45, 7) is 3.79. The second kappa shape index (κ2) is 5.94. The number of rotatable bonds is 7. The topological polar surface area (TPSA) is 76.4 Å². The van der Waals surface area contributed by atoms with Crippen LogP contribution in [-0.2, 0) is 16.4 Å². The molecule has 2 aromatic heterocycles. The molecule has 0 aliphatic carbocycles. The minimum Gasteiger partial charge on any atom is -0.286 e. The van der Waals surface area contributed by atoms with Crippen LogP contribution in [0.5, 0.6) is 0 Å². The van der Waals surface area contributed by atoms with Crippen molar-refractivity contribution in [1.82, 2.24) is 19.3 Å². The van der Waals surface area contributed by atoms with Crippen LogP contribution in [0.25, 0.3) is 5.65 Å². The van der Waals surface area contributed by atoms with Crippen LogP contribution < -0.4 is 4.72 Å². The molecule has 0 unspecified atom stereocenters. The molecule has 0 bridgehead atoms. The lowest BCUT2D eigenvalue weighted by molar-refractivity contribution is 0.581. The maximum Gasteiger partial charge on any atom is 0.215 e. The minimum absolute atomic E-state index is 0.0547. The van der Waals surface area contributed by atoms with E-state index in [0.29, 0.717) is 19.4 Å². The summed E-state index contributed by atoms with van der Waals surface area (Å²) >= 11 is 0. The molecule has 0 fully saturated rings. The molecule has 0 spiro atoms. The summed E-state index contributed by atoms with van der Waals surface area (Å²) in [6, 6.07) is 5.69. The van der Waals surface area contributed by atoms with Crippen LogP contribution in [0.4, 0.5) is 0 Å². The fourth-order valence-electron chi connectivity index (χ4n) is 1.75. The van der Waals surface area contributed by atoms with Gasteiger partial charge in [-0.15, -0.1) is 16.8 Å². The zero-order chi connectivity index (χ0) is 13.7. The lowest BCUT2D eigenvalue weighted by atomic mass is 10.3. The zero-order valence-electron chi connectivity index (χ0n) is 10.5. The summed E-state index contributed by atoms with van der Waals surface area (Å²) in [5, 5.41) is 8.12. The van der Waals surface area contributed by atoms with Gasteiger partial charge < -0.3 is 0 Å². The highest BCUT2D eigenvalue weighted by Gasteiger charge is 2.07. The molecule has 0 aliphatic rings. The van der Waals surface area contributed by atoms with Crippen LogP contribution in [0.15, 0.2) is 37.1 Å². The molecule has 19 heavy (non-hydrogen) atoms. The SMILES string of the molecule is C=CCS(=O)(=O)NCCCc1nnc2ccccn12. The predicted octanol–water partition coefficient (Wildman–Crippen LogP) is 0.767. The van der Waals surface area contributed by atoms with Crippen molar-refractivity contribution in [2.75, 3.05) is 12.3 Å². The first kappa shape index (κ1) is 13.7. The molecule has 0 aliphatic heterocycles. The Morgan fingerprint density at radius 2 is 2.21 bits per heavy atom. The Morgan fingerprint density at radius 3 is 3.00 bits per heavy atom. The molecule has 0 saturated carbocycles. The predicted molar refractivity (Wildman–Crippen MR) is 73.3 cm³/mol. The van der Waals surface area contributed by atoms with Gasteiger partial charge in [-0.1, -0.05) is 12.1 Å². The van der Waals surface area contributed by atoms with Crippen molar-refractivity contribution in [2.24, 2.45) is 0 Å². The average Bonchev–Trinajstić information content (AvgIpc) is 2.78. The Hall–Kier alpha value is -1.73. The number of sulfonamides is 1. The number of nitrogens with zero attached hydrogens (tertiary/aromatic N) is 3. The van der Waals surface area contributed by atoms with Gasteiger partial charge in [0.15, 0.2) is 5.65 Å². The molecule has 2 aromatic rings. The number of aryl methyl sites for hydroxylation is 1. The Kier molecular flexibility index (Phi) is 4.28. The monoisotopic (exact) mass is 280 g/mol. The third kappa shape index (κ3) is 3.62. The van der Waals surface area contributed by atoms with E-state index in [0.717, 1.165) is 11.5 Å². The van der Waals surface area contributed by atoms with Gasteiger partial charge in [-0.05, 0) is 18.6 Å². The van der Waals surface area contributed by atoms with Crippen molar-refractivity contribution in [3.8, 4) is 0 Å². The Morgan fingerprint density at radius 1 is 1.37 bits per heavy atom. The number of hydrogen-bond donors (Lipinski definition) is 1. The van der Waals surface area contributed by atoms with Gasteiger partial charge in [0.25, 0.3) is 0 Å². The molecule has 0 atom stereocenters. The fourth-order valence-corrected chi connectivity index (χ4v) is 2.63. The summed E-state index contributed by atoms with van der Waals surface area (Å²) in [5.74, 6) is 0.777. The number of pyridine rings is 1. The molecule has 0 radical (unpaired) electrons. The summed E-state index contributed by atoms with van der Waals surface area (Å²) in [6.07, 6.45) is 4.61. The van der Waals surface area contributed by atoms with Crippen molar-refractivity contribution in [3.05, 3.63) is 42.9 Å². The summed E-state index contributed by atoms with van der Waals surface area (Å²) < 4.78 is 27.2. The highest BCUT2D eigenvalue weighted by molar-refractivity contribution is 7.89.